The van der Waals surface area contributed by atoms with Gasteiger partial charge in [-0.3, -0.25) is 4.90 Å². The van der Waals surface area contributed by atoms with Gasteiger partial charge in [0.1, 0.15) is 0 Å². The molecule has 1 saturated carbocycles. The first kappa shape index (κ1) is 21.7. The van der Waals surface area contributed by atoms with Crippen LogP contribution in [0, 0.1) is 0 Å². The second kappa shape index (κ2) is 8.76. The van der Waals surface area contributed by atoms with Gasteiger partial charge in [-0.1, -0.05) is 12.8 Å². The first-order chi connectivity index (χ1) is 13.2. The molecule has 3 rings (SSSR count). The average molecular weight is 431 g/mol. The number of hydrogen-bond acceptors (Lipinski definition) is 6. The molecule has 8 nitrogen and oxygen atoms in total. The van der Waals surface area contributed by atoms with Gasteiger partial charge in [0.2, 0.25) is 20.0 Å². The van der Waals surface area contributed by atoms with Crippen molar-refractivity contribution in [3.63, 3.8) is 0 Å². The highest BCUT2D eigenvalue weighted by Crippen LogP contribution is 2.25. The number of hydrogen-bond donors (Lipinski definition) is 2. The molecule has 2 fully saturated rings. The van der Waals surface area contributed by atoms with E-state index in [2.05, 4.69) is 14.9 Å². The summed E-state index contributed by atoms with van der Waals surface area (Å²) in [5, 5.41) is 3.34. The number of sulfonamides is 2. The lowest BCUT2D eigenvalue weighted by molar-refractivity contribution is 0.116. The van der Waals surface area contributed by atoms with Crippen LogP contribution in [0.15, 0.2) is 34.1 Å². The fourth-order valence-electron chi connectivity index (χ4n) is 3.97. The van der Waals surface area contributed by atoms with Gasteiger partial charge in [-0.2, -0.15) is 0 Å². The van der Waals surface area contributed by atoms with Crippen molar-refractivity contribution in [2.24, 2.45) is 0 Å². The van der Waals surface area contributed by atoms with Gasteiger partial charge in [0.25, 0.3) is 0 Å². The quantitative estimate of drug-likeness (QED) is 0.679. The Labute approximate surface area is 168 Å². The highest BCUT2D eigenvalue weighted by Gasteiger charge is 2.33. The van der Waals surface area contributed by atoms with E-state index in [-0.39, 0.29) is 21.9 Å². The summed E-state index contributed by atoms with van der Waals surface area (Å²) in [6, 6.07) is 5.50. The summed E-state index contributed by atoms with van der Waals surface area (Å²) >= 11 is 0. The number of nitrogens with zero attached hydrogens (tertiary/aromatic N) is 2. The molecule has 2 N–H and O–H groups in total. The standard InChI is InChI=1S/C18H30N4O4S2/c1-21(2)28(25,26)16-9-7-15(8-10-16)27(23,24)20-17-5-3-4-6-18(17)22-13-11-19-12-14-22/h7-10,17-20H,3-6,11-14H2,1-2H3/t17-,18+/m0/s1. The molecule has 158 valence electrons. The highest BCUT2D eigenvalue weighted by atomic mass is 32.2. The largest absolute Gasteiger partial charge is 0.314 e. The van der Waals surface area contributed by atoms with Gasteiger partial charge < -0.3 is 5.32 Å². The summed E-state index contributed by atoms with van der Waals surface area (Å²) in [5.41, 5.74) is 0. The topological polar surface area (TPSA) is 98.8 Å². The molecule has 2 atom stereocenters. The molecule has 10 heteroatoms. The Hall–Kier alpha value is -1.04. The third-order valence-electron chi connectivity index (χ3n) is 5.57. The second-order valence-corrected chi connectivity index (χ2v) is 11.5. The number of nitrogens with one attached hydrogen (secondary N) is 2. The average Bonchev–Trinajstić information content (AvgIpc) is 2.69. The van der Waals surface area contributed by atoms with E-state index in [0.29, 0.717) is 0 Å². The maximum Gasteiger partial charge on any atom is 0.242 e. The molecule has 1 aliphatic heterocycles. The van der Waals surface area contributed by atoms with Gasteiger partial charge in [-0.05, 0) is 37.1 Å². The third kappa shape index (κ3) is 4.74. The lowest BCUT2D eigenvalue weighted by Gasteiger charge is -2.42. The van der Waals surface area contributed by atoms with E-state index in [9.17, 15) is 16.8 Å². The van der Waals surface area contributed by atoms with Gasteiger partial charge in [-0.25, -0.2) is 25.9 Å². The Morgan fingerprint density at radius 3 is 2.14 bits per heavy atom. The zero-order valence-electron chi connectivity index (χ0n) is 16.5. The lowest BCUT2D eigenvalue weighted by atomic mass is 9.89. The van der Waals surface area contributed by atoms with Crippen molar-refractivity contribution in [3.8, 4) is 0 Å². The summed E-state index contributed by atoms with van der Waals surface area (Å²) < 4.78 is 54.2. The van der Waals surface area contributed by atoms with Crippen molar-refractivity contribution in [1.82, 2.24) is 19.2 Å². The number of rotatable bonds is 6. The zero-order chi connectivity index (χ0) is 20.4. The normalized spacial score (nSPS) is 25.1. The van der Waals surface area contributed by atoms with E-state index in [0.717, 1.165) is 56.2 Å². The predicted molar refractivity (Wildman–Crippen MR) is 108 cm³/mol. The van der Waals surface area contributed by atoms with Gasteiger partial charge >= 0.3 is 0 Å². The summed E-state index contributed by atoms with van der Waals surface area (Å²) in [6.45, 7) is 3.72. The Balaban J connectivity index is 1.76. The Morgan fingerprint density at radius 1 is 0.964 bits per heavy atom. The van der Waals surface area contributed by atoms with Gasteiger partial charge in [0.15, 0.2) is 0 Å². The molecule has 0 amide bonds. The molecule has 1 aromatic rings. The van der Waals surface area contributed by atoms with Crippen molar-refractivity contribution in [2.75, 3.05) is 40.3 Å². The molecule has 1 saturated heterocycles. The maximum absolute atomic E-state index is 12.9. The van der Waals surface area contributed by atoms with Crippen molar-refractivity contribution in [3.05, 3.63) is 24.3 Å². The maximum atomic E-state index is 12.9. The van der Waals surface area contributed by atoms with E-state index in [1.807, 2.05) is 0 Å². The van der Waals surface area contributed by atoms with Crippen LogP contribution >= 0.6 is 0 Å². The van der Waals surface area contributed by atoms with E-state index in [1.54, 1.807) is 0 Å². The molecule has 0 unspecified atom stereocenters. The third-order valence-corrected chi connectivity index (χ3v) is 8.90. The monoisotopic (exact) mass is 430 g/mol. The first-order valence-corrected chi connectivity index (χ1v) is 12.6. The molecule has 1 aliphatic carbocycles. The van der Waals surface area contributed by atoms with Crippen LogP contribution in [0.4, 0.5) is 0 Å². The fraction of sp³-hybridized carbons (Fsp3) is 0.667. The molecule has 0 spiro atoms. The Morgan fingerprint density at radius 2 is 1.54 bits per heavy atom. The Kier molecular flexibility index (Phi) is 6.78. The molecule has 0 aromatic heterocycles. The van der Waals surface area contributed by atoms with Crippen molar-refractivity contribution in [1.29, 1.82) is 0 Å². The minimum Gasteiger partial charge on any atom is -0.314 e. The van der Waals surface area contributed by atoms with Gasteiger partial charge in [0.05, 0.1) is 9.79 Å². The van der Waals surface area contributed by atoms with Crippen molar-refractivity contribution in [2.45, 2.75) is 47.6 Å². The van der Waals surface area contributed by atoms with Crippen LogP contribution in [0.5, 0.6) is 0 Å². The molecule has 0 bridgehead atoms. The SMILES string of the molecule is CN(C)S(=O)(=O)c1ccc(S(=O)(=O)N[C@H]2CCCC[C@H]2N2CCNCC2)cc1. The van der Waals surface area contributed by atoms with Crippen LogP contribution in [0.1, 0.15) is 25.7 Å². The van der Waals surface area contributed by atoms with E-state index in [1.165, 1.54) is 38.4 Å². The summed E-state index contributed by atoms with van der Waals surface area (Å²) in [6.07, 6.45) is 3.94. The molecule has 2 aliphatic rings. The first-order valence-electron chi connectivity index (χ1n) is 9.71. The fourth-order valence-corrected chi connectivity index (χ4v) is 6.17. The molecule has 0 radical (unpaired) electrons. The van der Waals surface area contributed by atoms with Crippen molar-refractivity contribution >= 4 is 20.0 Å². The summed E-state index contributed by atoms with van der Waals surface area (Å²) in [5.74, 6) is 0. The molecule has 1 aromatic carbocycles. The van der Waals surface area contributed by atoms with E-state index in [4.69, 9.17) is 0 Å². The summed E-state index contributed by atoms with van der Waals surface area (Å²) in [7, 11) is -4.41. The van der Waals surface area contributed by atoms with Crippen LogP contribution in [-0.2, 0) is 20.0 Å². The highest BCUT2D eigenvalue weighted by molar-refractivity contribution is 7.89. The van der Waals surface area contributed by atoms with E-state index >= 15 is 0 Å². The second-order valence-electron chi connectivity index (χ2n) is 7.62. The number of benzene rings is 1. The van der Waals surface area contributed by atoms with Crippen LogP contribution < -0.4 is 10.0 Å². The molecule has 1 heterocycles. The minimum atomic E-state index is -3.71. The smallest absolute Gasteiger partial charge is 0.242 e. The van der Waals surface area contributed by atoms with Crippen LogP contribution in [-0.4, -0.2) is 78.4 Å². The number of piperazine rings is 1. The minimum absolute atomic E-state index is 0.0767. The van der Waals surface area contributed by atoms with E-state index < -0.39 is 20.0 Å². The zero-order valence-corrected chi connectivity index (χ0v) is 18.1. The van der Waals surface area contributed by atoms with Crippen molar-refractivity contribution < 1.29 is 16.8 Å². The molecular formula is C18H30N4O4S2. The molecule has 28 heavy (non-hydrogen) atoms. The predicted octanol–water partition coefficient (Wildman–Crippen LogP) is 0.432. The summed E-state index contributed by atoms with van der Waals surface area (Å²) in [4.78, 5) is 2.55. The van der Waals surface area contributed by atoms with Crippen LogP contribution in [0.2, 0.25) is 0 Å². The Bertz CT molecular complexity index is 863. The van der Waals surface area contributed by atoms with Crippen LogP contribution in [0.3, 0.4) is 0 Å². The van der Waals surface area contributed by atoms with Gasteiger partial charge in [-0.15, -0.1) is 0 Å². The molecular weight excluding hydrogens is 400 g/mol. The van der Waals surface area contributed by atoms with Crippen LogP contribution in [0.25, 0.3) is 0 Å². The van der Waals surface area contributed by atoms with Gasteiger partial charge in [0, 0.05) is 52.4 Å². The lowest BCUT2D eigenvalue weighted by Crippen LogP contribution is -2.57.